The van der Waals surface area contributed by atoms with E-state index in [1.165, 1.54) is 24.3 Å². The summed E-state index contributed by atoms with van der Waals surface area (Å²) in [6.45, 7) is 0.128. The number of nitriles is 1. The first-order valence-corrected chi connectivity index (χ1v) is 6.98. The summed E-state index contributed by atoms with van der Waals surface area (Å²) in [7, 11) is -1.82. The zero-order valence-corrected chi connectivity index (χ0v) is 11.1. The van der Waals surface area contributed by atoms with Crippen molar-refractivity contribution in [1.82, 2.24) is 14.5 Å². The molecule has 0 aliphatic heterocycles. The lowest BCUT2D eigenvalue weighted by molar-refractivity contribution is 0.579. The lowest BCUT2D eigenvalue weighted by Crippen LogP contribution is -2.23. The van der Waals surface area contributed by atoms with Crippen molar-refractivity contribution >= 4 is 10.0 Å². The van der Waals surface area contributed by atoms with E-state index < -0.39 is 10.0 Å². The fourth-order valence-corrected chi connectivity index (χ4v) is 2.52. The minimum absolute atomic E-state index is 0.127. The second kappa shape index (κ2) is 5.22. The number of nitrogens with zero attached hydrogens (tertiary/aromatic N) is 3. The lowest BCUT2D eigenvalue weighted by Gasteiger charge is -2.05. The molecule has 0 fully saturated rings. The van der Waals surface area contributed by atoms with E-state index in [2.05, 4.69) is 9.82 Å². The van der Waals surface area contributed by atoms with Gasteiger partial charge < -0.3 is 0 Å². The van der Waals surface area contributed by atoms with Gasteiger partial charge in [-0.15, -0.1) is 0 Å². The van der Waals surface area contributed by atoms with Gasteiger partial charge in [-0.3, -0.25) is 4.68 Å². The molecule has 0 saturated carbocycles. The van der Waals surface area contributed by atoms with Gasteiger partial charge >= 0.3 is 0 Å². The van der Waals surface area contributed by atoms with Crippen molar-refractivity contribution in [3.8, 4) is 6.07 Å². The van der Waals surface area contributed by atoms with Crippen molar-refractivity contribution in [3.05, 3.63) is 47.8 Å². The molecule has 0 saturated heterocycles. The first kappa shape index (κ1) is 13.3. The molecule has 1 N–H and O–H groups in total. The molecule has 98 valence electrons. The van der Waals surface area contributed by atoms with Crippen molar-refractivity contribution < 1.29 is 8.42 Å². The Morgan fingerprint density at radius 1 is 1.32 bits per heavy atom. The summed E-state index contributed by atoms with van der Waals surface area (Å²) in [5, 5.41) is 12.7. The number of hydrogen-bond donors (Lipinski definition) is 1. The summed E-state index contributed by atoms with van der Waals surface area (Å²) in [5.74, 6) is 0. The minimum atomic E-state index is -3.58. The highest BCUT2D eigenvalue weighted by Gasteiger charge is 2.13. The van der Waals surface area contributed by atoms with Crippen molar-refractivity contribution in [1.29, 1.82) is 5.26 Å². The number of rotatable bonds is 4. The molecule has 0 atom stereocenters. The van der Waals surface area contributed by atoms with Gasteiger partial charge in [0.25, 0.3) is 0 Å². The summed E-state index contributed by atoms with van der Waals surface area (Å²) in [6.07, 6.45) is 1.74. The normalized spacial score (nSPS) is 11.2. The number of hydrogen-bond acceptors (Lipinski definition) is 4. The maximum absolute atomic E-state index is 12.0. The molecule has 0 spiro atoms. The van der Waals surface area contributed by atoms with Crippen LogP contribution in [-0.2, 0) is 23.6 Å². The molecular formula is C12H12N4O2S. The molecule has 1 aromatic heterocycles. The van der Waals surface area contributed by atoms with E-state index >= 15 is 0 Å². The number of aryl methyl sites for hydroxylation is 1. The van der Waals surface area contributed by atoms with E-state index in [0.29, 0.717) is 11.3 Å². The molecule has 0 aliphatic carbocycles. The van der Waals surface area contributed by atoms with E-state index in [9.17, 15) is 8.42 Å². The monoisotopic (exact) mass is 276 g/mol. The summed E-state index contributed by atoms with van der Waals surface area (Å²) < 4.78 is 28.0. The first-order chi connectivity index (χ1) is 9.01. The van der Waals surface area contributed by atoms with Crippen LogP contribution in [0.1, 0.15) is 11.3 Å². The van der Waals surface area contributed by atoms with Crippen molar-refractivity contribution in [3.63, 3.8) is 0 Å². The largest absolute Gasteiger partial charge is 0.276 e. The molecule has 1 heterocycles. The van der Waals surface area contributed by atoms with E-state index in [4.69, 9.17) is 5.26 Å². The third kappa shape index (κ3) is 3.19. The molecule has 6 nitrogen and oxygen atoms in total. The van der Waals surface area contributed by atoms with Gasteiger partial charge in [0.1, 0.15) is 0 Å². The fourth-order valence-electron chi connectivity index (χ4n) is 1.52. The van der Waals surface area contributed by atoms with Gasteiger partial charge in [-0.1, -0.05) is 0 Å². The zero-order valence-electron chi connectivity index (χ0n) is 10.2. The Morgan fingerprint density at radius 2 is 2.00 bits per heavy atom. The van der Waals surface area contributed by atoms with Crippen molar-refractivity contribution in [2.45, 2.75) is 11.4 Å². The van der Waals surface area contributed by atoms with Crippen LogP contribution in [0, 0.1) is 11.3 Å². The molecule has 7 heteroatoms. The molecule has 0 bridgehead atoms. The van der Waals surface area contributed by atoms with Crippen molar-refractivity contribution in [2.24, 2.45) is 7.05 Å². The van der Waals surface area contributed by atoms with Crippen LogP contribution >= 0.6 is 0 Å². The highest BCUT2D eigenvalue weighted by Crippen LogP contribution is 2.10. The van der Waals surface area contributed by atoms with Crippen LogP contribution in [0.4, 0.5) is 0 Å². The third-order valence-electron chi connectivity index (χ3n) is 2.51. The second-order valence-corrected chi connectivity index (χ2v) is 5.71. The number of sulfonamides is 1. The smallest absolute Gasteiger partial charge is 0.240 e. The van der Waals surface area contributed by atoms with Gasteiger partial charge in [0.2, 0.25) is 10.0 Å². The maximum Gasteiger partial charge on any atom is 0.240 e. The minimum Gasteiger partial charge on any atom is -0.276 e. The topological polar surface area (TPSA) is 87.8 Å². The van der Waals surface area contributed by atoms with Crippen LogP contribution in [0.2, 0.25) is 0 Å². The highest BCUT2D eigenvalue weighted by molar-refractivity contribution is 7.89. The molecular weight excluding hydrogens is 264 g/mol. The fraction of sp³-hybridized carbons (Fsp3) is 0.167. The average Bonchev–Trinajstić information content (AvgIpc) is 2.82. The summed E-state index contributed by atoms with van der Waals surface area (Å²) in [5.41, 5.74) is 1.06. The van der Waals surface area contributed by atoms with Gasteiger partial charge in [0.15, 0.2) is 0 Å². The van der Waals surface area contributed by atoms with Crippen molar-refractivity contribution in [2.75, 3.05) is 0 Å². The number of benzene rings is 1. The van der Waals surface area contributed by atoms with Gasteiger partial charge in [-0.05, 0) is 30.3 Å². The van der Waals surface area contributed by atoms with E-state index in [1.807, 2.05) is 6.07 Å². The molecule has 19 heavy (non-hydrogen) atoms. The molecule has 1 aromatic carbocycles. The van der Waals surface area contributed by atoms with E-state index in [-0.39, 0.29) is 11.4 Å². The molecule has 0 unspecified atom stereocenters. The Balaban J connectivity index is 2.11. The molecule has 2 rings (SSSR count). The molecule has 0 amide bonds. The lowest BCUT2D eigenvalue weighted by atomic mass is 10.2. The van der Waals surface area contributed by atoms with Crippen LogP contribution in [0.15, 0.2) is 41.4 Å². The van der Waals surface area contributed by atoms with Crippen LogP contribution in [0.5, 0.6) is 0 Å². The molecule has 0 aliphatic rings. The van der Waals surface area contributed by atoms with Crippen LogP contribution in [0.25, 0.3) is 0 Å². The maximum atomic E-state index is 12.0. The Morgan fingerprint density at radius 3 is 2.53 bits per heavy atom. The summed E-state index contributed by atoms with van der Waals surface area (Å²) in [6, 6.07) is 9.41. The van der Waals surface area contributed by atoms with E-state index in [1.54, 1.807) is 24.0 Å². The van der Waals surface area contributed by atoms with Crippen LogP contribution < -0.4 is 4.72 Å². The predicted molar refractivity (Wildman–Crippen MR) is 68.4 cm³/mol. The Labute approximate surface area is 111 Å². The summed E-state index contributed by atoms with van der Waals surface area (Å²) >= 11 is 0. The summed E-state index contributed by atoms with van der Waals surface area (Å²) in [4.78, 5) is 0.127. The number of aromatic nitrogens is 2. The predicted octanol–water partition coefficient (Wildman–Crippen LogP) is 0.770. The second-order valence-electron chi connectivity index (χ2n) is 3.94. The average molecular weight is 276 g/mol. The van der Waals surface area contributed by atoms with Crippen LogP contribution in [-0.4, -0.2) is 18.2 Å². The van der Waals surface area contributed by atoms with Gasteiger partial charge in [0, 0.05) is 13.2 Å². The molecule has 2 aromatic rings. The van der Waals surface area contributed by atoms with Gasteiger partial charge in [-0.2, -0.15) is 10.4 Å². The Bertz CT molecular complexity index is 711. The SMILES string of the molecule is Cn1ccc(CNS(=O)(=O)c2ccc(C#N)cc2)n1. The third-order valence-corrected chi connectivity index (χ3v) is 3.92. The standard InChI is InChI=1S/C12H12N4O2S/c1-16-7-6-11(15-16)9-14-19(17,18)12-4-2-10(8-13)3-5-12/h2-7,14H,9H2,1H3. The Kier molecular flexibility index (Phi) is 3.64. The molecule has 0 radical (unpaired) electrons. The number of nitrogens with one attached hydrogen (secondary N) is 1. The van der Waals surface area contributed by atoms with Gasteiger partial charge in [0.05, 0.1) is 28.8 Å². The first-order valence-electron chi connectivity index (χ1n) is 5.49. The van der Waals surface area contributed by atoms with E-state index in [0.717, 1.165) is 0 Å². The van der Waals surface area contributed by atoms with Crippen LogP contribution in [0.3, 0.4) is 0 Å². The zero-order chi connectivity index (χ0) is 13.9. The highest BCUT2D eigenvalue weighted by atomic mass is 32.2. The Hall–Kier alpha value is -2.17. The van der Waals surface area contributed by atoms with Gasteiger partial charge in [-0.25, -0.2) is 13.1 Å². The quantitative estimate of drug-likeness (QED) is 0.893.